The zero-order chi connectivity index (χ0) is 22.2. The van der Waals surface area contributed by atoms with Gasteiger partial charge in [-0.2, -0.15) is 0 Å². The average molecular weight is 423 g/mol. The van der Waals surface area contributed by atoms with Gasteiger partial charge >= 0.3 is 0 Å². The molecule has 3 nitrogen and oxygen atoms in total. The Balaban J connectivity index is 1.64. The lowest BCUT2D eigenvalue weighted by Gasteiger charge is -2.32. The van der Waals surface area contributed by atoms with Crippen LogP contribution in [-0.4, -0.2) is 12.5 Å². The van der Waals surface area contributed by atoms with Gasteiger partial charge in [0, 0.05) is 30.9 Å². The summed E-state index contributed by atoms with van der Waals surface area (Å²) in [5.74, 6) is 0.452. The number of halogens is 1. The molecule has 0 aromatic heterocycles. The van der Waals surface area contributed by atoms with Gasteiger partial charge in [0.15, 0.2) is 0 Å². The van der Waals surface area contributed by atoms with Crippen LogP contribution in [0.1, 0.15) is 81.0 Å². The molecule has 31 heavy (non-hydrogen) atoms. The number of aryl methyl sites for hydroxylation is 1. The highest BCUT2D eigenvalue weighted by molar-refractivity contribution is 5.93. The fourth-order valence-electron chi connectivity index (χ4n) is 5.11. The Morgan fingerprint density at radius 1 is 1.13 bits per heavy atom. The maximum Gasteiger partial charge on any atom is 0.224 e. The van der Waals surface area contributed by atoms with E-state index in [1.165, 1.54) is 42.5 Å². The zero-order valence-corrected chi connectivity index (χ0v) is 19.4. The van der Waals surface area contributed by atoms with Crippen molar-refractivity contribution in [2.75, 3.05) is 16.8 Å². The Bertz CT molecular complexity index is 970. The van der Waals surface area contributed by atoms with Crippen molar-refractivity contribution in [1.29, 1.82) is 0 Å². The first-order valence-corrected chi connectivity index (χ1v) is 11.7. The van der Waals surface area contributed by atoms with Crippen molar-refractivity contribution in [1.82, 2.24) is 0 Å². The fraction of sp³-hybridized carbons (Fsp3) is 0.519. The summed E-state index contributed by atoms with van der Waals surface area (Å²) in [5, 5.41) is 3.27. The van der Waals surface area contributed by atoms with Crippen molar-refractivity contribution in [3.8, 4) is 0 Å². The molecule has 1 amide bonds. The number of amides is 1. The summed E-state index contributed by atoms with van der Waals surface area (Å²) in [7, 11) is 0. The topological polar surface area (TPSA) is 32.3 Å². The number of anilines is 2. The minimum absolute atomic E-state index is 0.0356. The number of fused-ring (bicyclic) bond motifs is 1. The van der Waals surface area contributed by atoms with Crippen LogP contribution < -0.4 is 10.2 Å². The summed E-state index contributed by atoms with van der Waals surface area (Å²) in [6, 6.07) is 9.67. The molecule has 0 unspecified atom stereocenters. The van der Waals surface area contributed by atoms with Crippen LogP contribution in [-0.2, 0) is 17.8 Å². The number of hydrogen-bond donors (Lipinski definition) is 1. The molecule has 0 atom stereocenters. The highest BCUT2D eigenvalue weighted by atomic mass is 19.1. The van der Waals surface area contributed by atoms with Gasteiger partial charge in [-0.3, -0.25) is 4.79 Å². The lowest BCUT2D eigenvalue weighted by atomic mass is 9.90. The van der Waals surface area contributed by atoms with Crippen molar-refractivity contribution in [3.05, 3.63) is 58.4 Å². The van der Waals surface area contributed by atoms with Gasteiger partial charge < -0.3 is 10.2 Å². The van der Waals surface area contributed by atoms with Crippen LogP contribution >= 0.6 is 0 Å². The van der Waals surface area contributed by atoms with Crippen LogP contribution in [0.25, 0.3) is 0 Å². The Kier molecular flexibility index (Phi) is 6.09. The second-order valence-corrected chi connectivity index (χ2v) is 10.6. The third-order valence-electron chi connectivity index (χ3n) is 6.65. The van der Waals surface area contributed by atoms with Crippen LogP contribution in [0.5, 0.6) is 0 Å². The Hall–Kier alpha value is -2.36. The largest absolute Gasteiger partial charge is 0.367 e. The average Bonchev–Trinajstić information content (AvgIpc) is 3.22. The second kappa shape index (κ2) is 8.64. The van der Waals surface area contributed by atoms with Crippen molar-refractivity contribution in [2.45, 2.75) is 78.7 Å². The van der Waals surface area contributed by atoms with Crippen molar-refractivity contribution >= 4 is 17.3 Å². The highest BCUT2D eigenvalue weighted by Crippen LogP contribution is 2.42. The molecule has 1 heterocycles. The summed E-state index contributed by atoms with van der Waals surface area (Å²) >= 11 is 0. The van der Waals surface area contributed by atoms with E-state index in [-0.39, 0.29) is 17.1 Å². The number of benzene rings is 2. The molecule has 1 N–H and O–H groups in total. The second-order valence-electron chi connectivity index (χ2n) is 10.6. The first-order valence-electron chi connectivity index (χ1n) is 11.7. The number of nitrogens with zero attached hydrogens (tertiary/aromatic N) is 1. The SMILES string of the molecule is Cc1cc(N2CCc3cc(F)ccc3C2)cc(C2CCCC2)c1NC(=O)CC(C)(C)C. The van der Waals surface area contributed by atoms with Crippen LogP contribution in [0.4, 0.5) is 15.8 Å². The van der Waals surface area contributed by atoms with Gasteiger partial charge in [0.05, 0.1) is 0 Å². The Labute approximate surface area is 186 Å². The first-order chi connectivity index (χ1) is 14.7. The van der Waals surface area contributed by atoms with Crippen molar-refractivity contribution < 1.29 is 9.18 Å². The predicted octanol–water partition coefficient (Wildman–Crippen LogP) is 6.73. The molecule has 0 radical (unpaired) electrons. The molecule has 0 saturated heterocycles. The van der Waals surface area contributed by atoms with Gasteiger partial charge in [-0.1, -0.05) is 39.7 Å². The lowest BCUT2D eigenvalue weighted by molar-refractivity contribution is -0.117. The molecule has 1 aliphatic carbocycles. The Morgan fingerprint density at radius 2 is 1.87 bits per heavy atom. The van der Waals surface area contributed by atoms with Gasteiger partial charge in [0.2, 0.25) is 5.91 Å². The molecule has 4 rings (SSSR count). The molecule has 166 valence electrons. The molecular formula is C27H35FN2O. The highest BCUT2D eigenvalue weighted by Gasteiger charge is 2.26. The van der Waals surface area contributed by atoms with Gasteiger partial charge in [0.1, 0.15) is 5.82 Å². The molecule has 1 fully saturated rings. The van der Waals surface area contributed by atoms with Gasteiger partial charge in [-0.05, 0) is 84.0 Å². The van der Waals surface area contributed by atoms with Crippen molar-refractivity contribution in [3.63, 3.8) is 0 Å². The third-order valence-corrected chi connectivity index (χ3v) is 6.65. The lowest BCUT2D eigenvalue weighted by Crippen LogP contribution is -2.30. The summed E-state index contributed by atoms with van der Waals surface area (Å²) in [5.41, 5.74) is 6.94. The van der Waals surface area contributed by atoms with Crippen LogP contribution in [0.3, 0.4) is 0 Å². The van der Waals surface area contributed by atoms with Gasteiger partial charge in [-0.15, -0.1) is 0 Å². The molecule has 0 bridgehead atoms. The van der Waals surface area contributed by atoms with E-state index in [1.54, 1.807) is 12.1 Å². The third kappa shape index (κ3) is 5.11. The molecular weight excluding hydrogens is 387 g/mol. The van der Waals surface area contributed by atoms with E-state index in [0.29, 0.717) is 12.3 Å². The van der Waals surface area contributed by atoms with E-state index >= 15 is 0 Å². The van der Waals surface area contributed by atoms with E-state index in [0.717, 1.165) is 36.3 Å². The summed E-state index contributed by atoms with van der Waals surface area (Å²) < 4.78 is 13.6. The number of hydrogen-bond acceptors (Lipinski definition) is 2. The van der Waals surface area contributed by atoms with Crippen LogP contribution in [0, 0.1) is 18.2 Å². The van der Waals surface area contributed by atoms with Crippen LogP contribution in [0.15, 0.2) is 30.3 Å². The molecule has 2 aromatic rings. The summed E-state index contributed by atoms with van der Waals surface area (Å²) in [6.45, 7) is 10.1. The van der Waals surface area contributed by atoms with E-state index in [9.17, 15) is 9.18 Å². The van der Waals surface area contributed by atoms with Gasteiger partial charge in [0.25, 0.3) is 0 Å². The molecule has 2 aliphatic rings. The van der Waals surface area contributed by atoms with Crippen LogP contribution in [0.2, 0.25) is 0 Å². The summed E-state index contributed by atoms with van der Waals surface area (Å²) in [4.78, 5) is 15.1. The zero-order valence-electron chi connectivity index (χ0n) is 19.4. The standard InChI is InChI=1S/C27H35FN2O/c1-18-13-23(30-12-11-20-14-22(28)10-9-21(20)17-30)15-24(19-7-5-6-8-19)26(18)29-25(31)16-27(2,3)4/h9-10,13-15,19H,5-8,11-12,16-17H2,1-4H3,(H,29,31). The smallest absolute Gasteiger partial charge is 0.224 e. The minimum Gasteiger partial charge on any atom is -0.367 e. The normalized spacial score (nSPS) is 17.0. The molecule has 1 saturated carbocycles. The summed E-state index contributed by atoms with van der Waals surface area (Å²) in [6.07, 6.45) is 6.25. The number of rotatable bonds is 4. The molecule has 2 aromatic carbocycles. The number of nitrogens with one attached hydrogen (secondary N) is 1. The monoisotopic (exact) mass is 422 g/mol. The van der Waals surface area contributed by atoms with E-state index < -0.39 is 0 Å². The van der Waals surface area contributed by atoms with E-state index in [1.807, 2.05) is 6.07 Å². The molecule has 1 aliphatic heterocycles. The first kappa shape index (κ1) is 21.9. The number of carbonyl (C=O) groups excluding carboxylic acids is 1. The predicted molar refractivity (Wildman–Crippen MR) is 126 cm³/mol. The quantitative estimate of drug-likeness (QED) is 0.592. The maximum absolute atomic E-state index is 13.6. The maximum atomic E-state index is 13.6. The van der Waals surface area contributed by atoms with Crippen molar-refractivity contribution in [2.24, 2.45) is 5.41 Å². The van der Waals surface area contributed by atoms with Gasteiger partial charge in [-0.25, -0.2) is 4.39 Å². The minimum atomic E-state index is -0.151. The van der Waals surface area contributed by atoms with E-state index in [2.05, 4.69) is 50.0 Å². The molecule has 4 heteroatoms. The molecule has 0 spiro atoms. The fourth-order valence-corrected chi connectivity index (χ4v) is 5.11. The van der Waals surface area contributed by atoms with E-state index in [4.69, 9.17) is 0 Å². The number of carbonyl (C=O) groups is 1. The Morgan fingerprint density at radius 3 is 2.58 bits per heavy atom.